The zero-order valence-corrected chi connectivity index (χ0v) is 13.0. The van der Waals surface area contributed by atoms with E-state index in [9.17, 15) is 4.79 Å². The monoisotopic (exact) mass is 327 g/mol. The van der Waals surface area contributed by atoms with Gasteiger partial charge in [0.05, 0.1) is 0 Å². The molecule has 24 heavy (non-hydrogen) atoms. The first-order valence-corrected chi connectivity index (χ1v) is 7.84. The molecule has 2 aromatic rings. The van der Waals surface area contributed by atoms with Gasteiger partial charge in [-0.25, -0.2) is 0 Å². The predicted octanol–water partition coefficient (Wildman–Crippen LogP) is 1.91. The van der Waals surface area contributed by atoms with Crippen molar-refractivity contribution < 1.29 is 23.7 Å². The first-order chi connectivity index (χ1) is 11.8. The Morgan fingerprint density at radius 2 is 1.79 bits per heavy atom. The average molecular weight is 327 g/mol. The van der Waals surface area contributed by atoms with Gasteiger partial charge < -0.3 is 24.3 Å². The Morgan fingerprint density at radius 3 is 2.71 bits per heavy atom. The zero-order chi connectivity index (χ0) is 16.4. The smallest absolute Gasteiger partial charge is 0.264 e. The van der Waals surface area contributed by atoms with Crippen LogP contribution in [0.25, 0.3) is 0 Å². The Balaban J connectivity index is 1.30. The highest BCUT2D eigenvalue weighted by atomic mass is 16.7. The van der Waals surface area contributed by atoms with E-state index in [0.717, 1.165) is 17.1 Å². The molecule has 2 aromatic carbocycles. The van der Waals surface area contributed by atoms with Crippen LogP contribution in [-0.4, -0.2) is 32.0 Å². The molecule has 2 aliphatic rings. The van der Waals surface area contributed by atoms with Crippen LogP contribution in [0.5, 0.6) is 23.0 Å². The molecular formula is C18H17NO5. The van der Waals surface area contributed by atoms with E-state index in [1.165, 1.54) is 0 Å². The molecule has 0 aromatic heterocycles. The number of para-hydroxylation sites is 2. The Morgan fingerprint density at radius 1 is 1.00 bits per heavy atom. The van der Waals surface area contributed by atoms with Gasteiger partial charge in [-0.15, -0.1) is 0 Å². The quantitative estimate of drug-likeness (QED) is 0.929. The highest BCUT2D eigenvalue weighted by molar-refractivity contribution is 5.81. The van der Waals surface area contributed by atoms with E-state index >= 15 is 0 Å². The molecule has 0 aliphatic carbocycles. The third kappa shape index (κ3) is 2.95. The lowest BCUT2D eigenvalue weighted by molar-refractivity contribution is -0.130. The van der Waals surface area contributed by atoms with Gasteiger partial charge in [-0.05, 0) is 36.2 Å². The fourth-order valence-electron chi connectivity index (χ4n) is 2.69. The number of fused-ring (bicyclic) bond motifs is 2. The summed E-state index contributed by atoms with van der Waals surface area (Å²) in [5.41, 5.74) is 1.07. The summed E-state index contributed by atoms with van der Waals surface area (Å²) < 4.78 is 21.9. The highest BCUT2D eigenvalue weighted by Crippen LogP contribution is 2.32. The highest BCUT2D eigenvalue weighted by Gasteiger charge is 2.26. The summed E-state index contributed by atoms with van der Waals surface area (Å²) in [7, 11) is 0. The number of amides is 1. The summed E-state index contributed by atoms with van der Waals surface area (Å²) >= 11 is 0. The van der Waals surface area contributed by atoms with Gasteiger partial charge >= 0.3 is 0 Å². The van der Waals surface area contributed by atoms with Crippen LogP contribution in [0.4, 0.5) is 0 Å². The first-order valence-electron chi connectivity index (χ1n) is 7.84. The molecular weight excluding hydrogens is 310 g/mol. The van der Waals surface area contributed by atoms with Crippen molar-refractivity contribution in [2.24, 2.45) is 0 Å². The predicted molar refractivity (Wildman–Crippen MR) is 85.6 cm³/mol. The fourth-order valence-corrected chi connectivity index (χ4v) is 2.69. The van der Waals surface area contributed by atoms with Gasteiger partial charge in [0.2, 0.25) is 12.9 Å². The van der Waals surface area contributed by atoms with Crippen molar-refractivity contribution in [3.63, 3.8) is 0 Å². The number of ether oxygens (including phenoxy) is 4. The Labute approximate surface area is 139 Å². The SMILES string of the molecule is O=C(NCCc1ccc2c(c1)OCO2)[C@H]1COc2ccccc2O1. The molecule has 4 rings (SSSR count). The topological polar surface area (TPSA) is 66.0 Å². The number of hydrogen-bond donors (Lipinski definition) is 1. The van der Waals surface area contributed by atoms with Crippen LogP contribution < -0.4 is 24.3 Å². The van der Waals surface area contributed by atoms with Crippen LogP contribution in [0.1, 0.15) is 5.56 Å². The van der Waals surface area contributed by atoms with Crippen molar-refractivity contribution >= 4 is 5.91 Å². The molecule has 1 atom stereocenters. The molecule has 0 fully saturated rings. The minimum atomic E-state index is -0.628. The maximum Gasteiger partial charge on any atom is 0.264 e. The van der Waals surface area contributed by atoms with E-state index in [0.29, 0.717) is 24.5 Å². The molecule has 124 valence electrons. The standard InChI is InChI=1S/C18H17NO5/c20-18(17-10-21-13-3-1-2-4-15(13)24-17)19-8-7-12-5-6-14-16(9-12)23-11-22-14/h1-6,9,17H,7-8,10-11H2,(H,19,20)/t17-/m1/s1. The van der Waals surface area contributed by atoms with Crippen LogP contribution >= 0.6 is 0 Å². The van der Waals surface area contributed by atoms with Crippen molar-refractivity contribution in [3.05, 3.63) is 48.0 Å². The molecule has 6 nitrogen and oxygen atoms in total. The van der Waals surface area contributed by atoms with E-state index in [1.54, 1.807) is 6.07 Å². The largest absolute Gasteiger partial charge is 0.485 e. The van der Waals surface area contributed by atoms with Crippen LogP contribution in [0.3, 0.4) is 0 Å². The number of carbonyl (C=O) groups excluding carboxylic acids is 1. The number of rotatable bonds is 4. The second-order valence-electron chi connectivity index (χ2n) is 5.59. The number of carbonyl (C=O) groups is 1. The molecule has 0 bridgehead atoms. The summed E-state index contributed by atoms with van der Waals surface area (Å²) in [4.78, 5) is 12.2. The van der Waals surface area contributed by atoms with Gasteiger partial charge in [-0.3, -0.25) is 4.79 Å². The molecule has 2 aliphatic heterocycles. The lowest BCUT2D eigenvalue weighted by Gasteiger charge is -2.25. The van der Waals surface area contributed by atoms with Gasteiger partial charge in [-0.2, -0.15) is 0 Å². The van der Waals surface area contributed by atoms with Crippen molar-refractivity contribution in [2.45, 2.75) is 12.5 Å². The first kappa shape index (κ1) is 14.7. The van der Waals surface area contributed by atoms with E-state index in [4.69, 9.17) is 18.9 Å². The van der Waals surface area contributed by atoms with E-state index in [1.807, 2.05) is 36.4 Å². The molecule has 0 unspecified atom stereocenters. The second-order valence-corrected chi connectivity index (χ2v) is 5.59. The van der Waals surface area contributed by atoms with Crippen molar-refractivity contribution in [2.75, 3.05) is 19.9 Å². The van der Waals surface area contributed by atoms with Crippen molar-refractivity contribution in [1.29, 1.82) is 0 Å². The average Bonchev–Trinajstić information content (AvgIpc) is 3.09. The Kier molecular flexibility index (Phi) is 3.86. The normalized spacial score (nSPS) is 17.4. The lowest BCUT2D eigenvalue weighted by atomic mass is 10.1. The van der Waals surface area contributed by atoms with Crippen LogP contribution in [0, 0.1) is 0 Å². The summed E-state index contributed by atoms with van der Waals surface area (Å²) in [5, 5.41) is 2.88. The van der Waals surface area contributed by atoms with Gasteiger partial charge in [0.25, 0.3) is 5.91 Å². The zero-order valence-electron chi connectivity index (χ0n) is 13.0. The van der Waals surface area contributed by atoms with Crippen LogP contribution in [0.15, 0.2) is 42.5 Å². The molecule has 6 heteroatoms. The van der Waals surface area contributed by atoms with E-state index in [-0.39, 0.29) is 19.3 Å². The maximum atomic E-state index is 12.2. The minimum absolute atomic E-state index is 0.176. The molecule has 1 N–H and O–H groups in total. The molecule has 0 spiro atoms. The van der Waals surface area contributed by atoms with Gasteiger partial charge in [0, 0.05) is 6.54 Å². The Hall–Kier alpha value is -2.89. The minimum Gasteiger partial charge on any atom is -0.485 e. The van der Waals surface area contributed by atoms with E-state index < -0.39 is 6.10 Å². The molecule has 1 amide bonds. The van der Waals surface area contributed by atoms with E-state index in [2.05, 4.69) is 5.32 Å². The second kappa shape index (κ2) is 6.31. The van der Waals surface area contributed by atoms with Crippen LogP contribution in [0.2, 0.25) is 0 Å². The third-order valence-electron chi connectivity index (χ3n) is 3.95. The molecule has 0 radical (unpaired) electrons. The molecule has 0 saturated carbocycles. The van der Waals surface area contributed by atoms with Gasteiger partial charge in [-0.1, -0.05) is 18.2 Å². The third-order valence-corrected chi connectivity index (χ3v) is 3.95. The lowest BCUT2D eigenvalue weighted by Crippen LogP contribution is -2.44. The number of nitrogens with one attached hydrogen (secondary N) is 1. The van der Waals surface area contributed by atoms with Gasteiger partial charge in [0.1, 0.15) is 6.61 Å². The number of hydrogen-bond acceptors (Lipinski definition) is 5. The summed E-state index contributed by atoms with van der Waals surface area (Å²) in [6.07, 6.45) is 0.0728. The summed E-state index contributed by atoms with van der Waals surface area (Å²) in [6, 6.07) is 13.1. The summed E-state index contributed by atoms with van der Waals surface area (Å²) in [5.74, 6) is 2.60. The summed E-state index contributed by atoms with van der Waals surface area (Å²) in [6.45, 7) is 0.989. The van der Waals surface area contributed by atoms with Crippen molar-refractivity contribution in [3.8, 4) is 23.0 Å². The van der Waals surface area contributed by atoms with Crippen molar-refractivity contribution in [1.82, 2.24) is 5.32 Å². The Bertz CT molecular complexity index is 761. The number of benzene rings is 2. The fraction of sp³-hybridized carbons (Fsp3) is 0.278. The molecule has 0 saturated heterocycles. The van der Waals surface area contributed by atoms with Crippen LogP contribution in [-0.2, 0) is 11.2 Å². The molecule has 2 heterocycles. The van der Waals surface area contributed by atoms with Gasteiger partial charge in [0.15, 0.2) is 23.0 Å². The maximum absolute atomic E-state index is 12.2.